The van der Waals surface area contributed by atoms with Crippen molar-refractivity contribution < 1.29 is 9.18 Å². The molecule has 218 valence electrons. The Balaban J connectivity index is 1.36. The summed E-state index contributed by atoms with van der Waals surface area (Å²) in [5, 5.41) is 13.7. The molecule has 0 aliphatic heterocycles. The zero-order chi connectivity index (χ0) is 30.1. The van der Waals surface area contributed by atoms with Crippen molar-refractivity contribution in [2.24, 2.45) is 5.92 Å². The number of nitrogens with zero attached hydrogens (tertiary/aromatic N) is 5. The number of H-pyrrole nitrogens is 2. The van der Waals surface area contributed by atoms with Gasteiger partial charge in [0.05, 0.1) is 34.1 Å². The predicted octanol–water partition coefficient (Wildman–Crippen LogP) is 5.94. The summed E-state index contributed by atoms with van der Waals surface area (Å²) in [7, 11) is 4.00. The van der Waals surface area contributed by atoms with Crippen molar-refractivity contribution >= 4 is 39.3 Å². The molecular formula is C32H32FN9O. The molecule has 4 N–H and O–H groups in total. The highest BCUT2D eigenvalue weighted by atomic mass is 19.1. The fourth-order valence-electron chi connectivity index (χ4n) is 4.81. The second-order valence-corrected chi connectivity index (χ2v) is 11.0. The van der Waals surface area contributed by atoms with Gasteiger partial charge >= 0.3 is 0 Å². The number of nitrogens with one attached hydrogen (secondary N) is 4. The van der Waals surface area contributed by atoms with Crippen LogP contribution in [0.2, 0.25) is 0 Å². The minimum absolute atomic E-state index is 0.0845. The van der Waals surface area contributed by atoms with Crippen LogP contribution in [0.4, 0.5) is 15.8 Å². The van der Waals surface area contributed by atoms with Gasteiger partial charge in [-0.3, -0.25) is 14.9 Å². The third kappa shape index (κ3) is 5.93. The standard InChI is InChI=1S/C32H32FN9O/c1-18(2)32(43)36-23-14-20(16-34-17-23)25-8-9-27-29(37-25)30(41-40-27)31-38-26-7-5-6-24(28(26)39-31)19-12-21(33)15-22(13-19)35-10-11-42(3)4/h5-9,12-18,35H,10-11H2,1-4H3,(H,36,43)(H,38,39)(H,40,41). The number of fused-ring (bicyclic) bond motifs is 2. The highest BCUT2D eigenvalue weighted by Gasteiger charge is 2.18. The Morgan fingerprint density at radius 2 is 1.79 bits per heavy atom. The van der Waals surface area contributed by atoms with Gasteiger partial charge in [-0.25, -0.2) is 14.4 Å². The minimum atomic E-state index is -0.324. The number of aromatic nitrogens is 6. The summed E-state index contributed by atoms with van der Waals surface area (Å²) >= 11 is 0. The molecule has 0 aliphatic rings. The van der Waals surface area contributed by atoms with Gasteiger partial charge in [0, 0.05) is 42.0 Å². The summed E-state index contributed by atoms with van der Waals surface area (Å²) < 4.78 is 14.7. The van der Waals surface area contributed by atoms with E-state index in [0.717, 1.165) is 34.3 Å². The number of pyridine rings is 2. The van der Waals surface area contributed by atoms with Crippen LogP contribution >= 0.6 is 0 Å². The third-order valence-corrected chi connectivity index (χ3v) is 7.07. The molecule has 0 saturated carbocycles. The molecule has 0 radical (unpaired) electrons. The lowest BCUT2D eigenvalue weighted by molar-refractivity contribution is -0.118. The third-order valence-electron chi connectivity index (χ3n) is 7.07. The number of rotatable bonds is 9. The molecular weight excluding hydrogens is 545 g/mol. The van der Waals surface area contributed by atoms with E-state index in [1.165, 1.54) is 12.1 Å². The number of hydrogen-bond acceptors (Lipinski definition) is 7. The minimum Gasteiger partial charge on any atom is -0.384 e. The summed E-state index contributed by atoms with van der Waals surface area (Å²) in [5.74, 6) is -0.0208. The zero-order valence-electron chi connectivity index (χ0n) is 24.4. The van der Waals surface area contributed by atoms with Crippen LogP contribution in [0.3, 0.4) is 0 Å². The lowest BCUT2D eigenvalue weighted by Crippen LogP contribution is -2.20. The fourth-order valence-corrected chi connectivity index (χ4v) is 4.81. The molecule has 4 heterocycles. The van der Waals surface area contributed by atoms with Crippen LogP contribution < -0.4 is 10.6 Å². The lowest BCUT2D eigenvalue weighted by Gasteiger charge is -2.13. The maximum absolute atomic E-state index is 14.7. The molecule has 0 aliphatic carbocycles. The summed E-state index contributed by atoms with van der Waals surface area (Å²) in [6.07, 6.45) is 3.31. The Hall–Kier alpha value is -5.16. The van der Waals surface area contributed by atoms with E-state index in [4.69, 9.17) is 9.97 Å². The SMILES string of the molecule is CC(C)C(=O)Nc1cncc(-c2ccc3[nH]nc(-c4nc5c(-c6cc(F)cc(NCCN(C)C)c6)cccc5[nH]4)c3n2)c1. The van der Waals surface area contributed by atoms with Crippen molar-refractivity contribution in [2.45, 2.75) is 13.8 Å². The van der Waals surface area contributed by atoms with E-state index in [0.29, 0.717) is 46.2 Å². The number of para-hydroxylation sites is 1. The Kier molecular flexibility index (Phi) is 7.56. The maximum atomic E-state index is 14.7. The molecule has 0 atom stereocenters. The van der Waals surface area contributed by atoms with Crippen molar-refractivity contribution in [3.8, 4) is 33.9 Å². The highest BCUT2D eigenvalue weighted by Crippen LogP contribution is 2.33. The van der Waals surface area contributed by atoms with E-state index in [1.54, 1.807) is 12.4 Å². The van der Waals surface area contributed by atoms with Crippen LogP contribution in [-0.2, 0) is 4.79 Å². The second-order valence-electron chi connectivity index (χ2n) is 11.0. The summed E-state index contributed by atoms with van der Waals surface area (Å²) in [5.41, 5.74) is 7.69. The number of hydrogen-bond donors (Lipinski definition) is 4. The van der Waals surface area contributed by atoms with Gasteiger partial charge in [0.1, 0.15) is 11.3 Å². The molecule has 0 saturated heterocycles. The lowest BCUT2D eigenvalue weighted by atomic mass is 10.0. The number of amides is 1. The fraction of sp³-hybridized carbons (Fsp3) is 0.219. The molecule has 11 heteroatoms. The largest absolute Gasteiger partial charge is 0.384 e. The molecule has 43 heavy (non-hydrogen) atoms. The number of carbonyl (C=O) groups excluding carboxylic acids is 1. The van der Waals surface area contributed by atoms with E-state index in [-0.39, 0.29) is 17.6 Å². The van der Waals surface area contributed by atoms with Gasteiger partial charge < -0.3 is 20.5 Å². The van der Waals surface area contributed by atoms with Crippen molar-refractivity contribution in [3.05, 3.63) is 72.8 Å². The monoisotopic (exact) mass is 577 g/mol. The van der Waals surface area contributed by atoms with Crippen molar-refractivity contribution in [2.75, 3.05) is 37.8 Å². The van der Waals surface area contributed by atoms with E-state index in [2.05, 4.69) is 35.7 Å². The zero-order valence-corrected chi connectivity index (χ0v) is 24.4. The molecule has 4 aromatic heterocycles. The van der Waals surface area contributed by atoms with E-state index >= 15 is 0 Å². The van der Waals surface area contributed by atoms with Crippen molar-refractivity contribution in [1.82, 2.24) is 35.0 Å². The summed E-state index contributed by atoms with van der Waals surface area (Å²) in [6, 6.07) is 16.4. The number of aromatic amines is 2. The molecule has 10 nitrogen and oxygen atoms in total. The predicted molar refractivity (Wildman–Crippen MR) is 168 cm³/mol. The first-order chi connectivity index (χ1) is 20.7. The average Bonchev–Trinajstić information content (AvgIpc) is 3.60. The molecule has 0 unspecified atom stereocenters. The van der Waals surface area contributed by atoms with Gasteiger partial charge in [0.15, 0.2) is 11.5 Å². The first-order valence-electron chi connectivity index (χ1n) is 14.1. The van der Waals surface area contributed by atoms with E-state index in [9.17, 15) is 9.18 Å². The molecule has 0 bridgehead atoms. The summed E-state index contributed by atoms with van der Waals surface area (Å²) in [4.78, 5) is 31.7. The van der Waals surface area contributed by atoms with Gasteiger partial charge in [-0.15, -0.1) is 0 Å². The number of likely N-dealkylation sites (N-methyl/N-ethyl adjacent to an activating group) is 1. The average molecular weight is 578 g/mol. The van der Waals surface area contributed by atoms with Crippen LogP contribution in [0.5, 0.6) is 0 Å². The molecule has 6 aromatic rings. The number of halogens is 1. The smallest absolute Gasteiger partial charge is 0.226 e. The van der Waals surface area contributed by atoms with Gasteiger partial charge in [-0.05, 0) is 62.1 Å². The molecule has 2 aromatic carbocycles. The van der Waals surface area contributed by atoms with Crippen LogP contribution in [-0.4, -0.2) is 68.1 Å². The van der Waals surface area contributed by atoms with Crippen LogP contribution in [0.1, 0.15) is 13.8 Å². The normalized spacial score (nSPS) is 11.6. The highest BCUT2D eigenvalue weighted by molar-refractivity contribution is 5.97. The number of anilines is 2. The van der Waals surface area contributed by atoms with Gasteiger partial charge in [-0.2, -0.15) is 5.10 Å². The van der Waals surface area contributed by atoms with E-state index in [1.807, 2.05) is 70.4 Å². The Morgan fingerprint density at radius 1 is 0.953 bits per heavy atom. The van der Waals surface area contributed by atoms with Crippen molar-refractivity contribution in [1.29, 1.82) is 0 Å². The number of imidazole rings is 1. The first kappa shape index (κ1) is 28.0. The van der Waals surface area contributed by atoms with Crippen molar-refractivity contribution in [3.63, 3.8) is 0 Å². The Morgan fingerprint density at radius 3 is 2.60 bits per heavy atom. The Bertz CT molecular complexity index is 1940. The maximum Gasteiger partial charge on any atom is 0.226 e. The number of benzene rings is 2. The molecule has 1 amide bonds. The van der Waals surface area contributed by atoms with Gasteiger partial charge in [0.2, 0.25) is 5.91 Å². The van der Waals surface area contributed by atoms with Crippen LogP contribution in [0.15, 0.2) is 67.0 Å². The molecule has 0 fully saturated rings. The molecule has 0 spiro atoms. The topological polar surface area (TPSA) is 128 Å². The second kappa shape index (κ2) is 11.6. The first-order valence-corrected chi connectivity index (χ1v) is 14.1. The van der Waals surface area contributed by atoms with Crippen LogP contribution in [0, 0.1) is 11.7 Å². The van der Waals surface area contributed by atoms with Gasteiger partial charge in [-0.1, -0.05) is 26.0 Å². The van der Waals surface area contributed by atoms with Gasteiger partial charge in [0.25, 0.3) is 0 Å². The molecule has 6 rings (SSSR count). The quantitative estimate of drug-likeness (QED) is 0.168. The number of carbonyl (C=O) groups is 1. The Labute approximate surface area is 247 Å². The van der Waals surface area contributed by atoms with Crippen LogP contribution in [0.25, 0.3) is 56.0 Å². The van der Waals surface area contributed by atoms with E-state index < -0.39 is 0 Å². The summed E-state index contributed by atoms with van der Waals surface area (Å²) in [6.45, 7) is 5.20.